The van der Waals surface area contributed by atoms with Crippen LogP contribution in [-0.4, -0.2) is 32.9 Å². The van der Waals surface area contributed by atoms with Gasteiger partial charge in [0.25, 0.3) is 0 Å². The van der Waals surface area contributed by atoms with Crippen LogP contribution in [0.5, 0.6) is 23.0 Å². The molecule has 0 aliphatic heterocycles. The first-order valence-corrected chi connectivity index (χ1v) is 8.95. The standard InChI is InChI=1S/C22H24N2O4/c1-5-28-17-9-6-8-15(12-17)18-10-7-11-21(24-18)23-16-13-19(25-2)22(27-4)20(14-16)26-3/h6-14H,5H2,1-4H3,(H,23,24). The molecule has 0 unspecified atom stereocenters. The Morgan fingerprint density at radius 3 is 2.21 bits per heavy atom. The summed E-state index contributed by atoms with van der Waals surface area (Å²) >= 11 is 0. The average Bonchev–Trinajstić information content (AvgIpc) is 2.73. The van der Waals surface area contributed by atoms with Gasteiger partial charge in [-0.1, -0.05) is 18.2 Å². The number of rotatable bonds is 8. The van der Waals surface area contributed by atoms with Crippen LogP contribution in [-0.2, 0) is 0 Å². The zero-order valence-electron chi connectivity index (χ0n) is 16.5. The zero-order valence-corrected chi connectivity index (χ0v) is 16.5. The third-order valence-corrected chi connectivity index (χ3v) is 4.13. The second kappa shape index (κ2) is 8.99. The predicted molar refractivity (Wildman–Crippen MR) is 110 cm³/mol. The summed E-state index contributed by atoms with van der Waals surface area (Å²) in [7, 11) is 4.76. The zero-order chi connectivity index (χ0) is 19.9. The van der Waals surface area contributed by atoms with Crippen molar-refractivity contribution < 1.29 is 18.9 Å². The summed E-state index contributed by atoms with van der Waals surface area (Å²) in [5.74, 6) is 3.22. The van der Waals surface area contributed by atoms with Gasteiger partial charge in [-0.2, -0.15) is 0 Å². The van der Waals surface area contributed by atoms with E-state index >= 15 is 0 Å². The number of ether oxygens (including phenoxy) is 4. The van der Waals surface area contributed by atoms with Crippen LogP contribution < -0.4 is 24.3 Å². The molecule has 2 aromatic carbocycles. The van der Waals surface area contributed by atoms with Gasteiger partial charge in [0, 0.05) is 23.4 Å². The summed E-state index contributed by atoms with van der Waals surface area (Å²) in [6.07, 6.45) is 0. The fourth-order valence-corrected chi connectivity index (χ4v) is 2.88. The number of aromatic nitrogens is 1. The normalized spacial score (nSPS) is 10.3. The summed E-state index contributed by atoms with van der Waals surface area (Å²) in [5, 5.41) is 3.30. The average molecular weight is 380 g/mol. The lowest BCUT2D eigenvalue weighted by Crippen LogP contribution is -1.99. The number of nitrogens with one attached hydrogen (secondary N) is 1. The van der Waals surface area contributed by atoms with E-state index in [0.29, 0.717) is 29.7 Å². The summed E-state index contributed by atoms with van der Waals surface area (Å²) in [4.78, 5) is 4.71. The molecule has 0 amide bonds. The molecule has 0 atom stereocenters. The number of benzene rings is 2. The van der Waals surface area contributed by atoms with Gasteiger partial charge < -0.3 is 24.3 Å². The van der Waals surface area contributed by atoms with E-state index in [2.05, 4.69) is 5.32 Å². The summed E-state index contributed by atoms with van der Waals surface area (Å²) in [6, 6.07) is 17.4. The number of methoxy groups -OCH3 is 3. The molecule has 1 aromatic heterocycles. The van der Waals surface area contributed by atoms with Gasteiger partial charge in [0.1, 0.15) is 11.6 Å². The SMILES string of the molecule is CCOc1cccc(-c2cccc(Nc3cc(OC)c(OC)c(OC)c3)n2)c1. The molecular weight excluding hydrogens is 356 g/mol. The summed E-state index contributed by atoms with van der Waals surface area (Å²) < 4.78 is 21.8. The molecule has 0 saturated carbocycles. The number of pyridine rings is 1. The van der Waals surface area contributed by atoms with E-state index in [1.165, 1.54) is 0 Å². The number of anilines is 2. The van der Waals surface area contributed by atoms with Crippen molar-refractivity contribution in [3.63, 3.8) is 0 Å². The van der Waals surface area contributed by atoms with E-state index in [1.54, 1.807) is 21.3 Å². The van der Waals surface area contributed by atoms with Crippen LogP contribution in [0.1, 0.15) is 6.92 Å². The minimum Gasteiger partial charge on any atom is -0.494 e. The van der Waals surface area contributed by atoms with Crippen molar-refractivity contribution in [2.45, 2.75) is 6.92 Å². The quantitative estimate of drug-likeness (QED) is 0.599. The first kappa shape index (κ1) is 19.4. The smallest absolute Gasteiger partial charge is 0.203 e. The number of hydrogen-bond acceptors (Lipinski definition) is 6. The third kappa shape index (κ3) is 4.28. The van der Waals surface area contributed by atoms with Crippen LogP contribution in [0.15, 0.2) is 54.6 Å². The Labute approximate surface area is 165 Å². The Bertz CT molecular complexity index is 918. The Hall–Kier alpha value is -3.41. The summed E-state index contributed by atoms with van der Waals surface area (Å²) in [5.41, 5.74) is 2.61. The van der Waals surface area contributed by atoms with E-state index in [4.69, 9.17) is 23.9 Å². The second-order valence-corrected chi connectivity index (χ2v) is 5.91. The highest BCUT2D eigenvalue weighted by atomic mass is 16.5. The Balaban J connectivity index is 1.90. The lowest BCUT2D eigenvalue weighted by molar-refractivity contribution is 0.324. The van der Waals surface area contributed by atoms with Crippen LogP contribution in [0.2, 0.25) is 0 Å². The molecule has 1 heterocycles. The van der Waals surface area contributed by atoms with Crippen molar-refractivity contribution in [2.24, 2.45) is 0 Å². The maximum absolute atomic E-state index is 5.58. The Morgan fingerprint density at radius 1 is 0.857 bits per heavy atom. The summed E-state index contributed by atoms with van der Waals surface area (Å²) in [6.45, 7) is 2.59. The van der Waals surface area contributed by atoms with Gasteiger partial charge in [0.05, 0.1) is 33.6 Å². The maximum atomic E-state index is 5.58. The Morgan fingerprint density at radius 2 is 1.57 bits per heavy atom. The predicted octanol–water partition coefficient (Wildman–Crippen LogP) is 4.92. The minimum absolute atomic E-state index is 0.546. The van der Waals surface area contributed by atoms with E-state index in [9.17, 15) is 0 Å². The van der Waals surface area contributed by atoms with Crippen LogP contribution in [0, 0.1) is 0 Å². The van der Waals surface area contributed by atoms with Gasteiger partial charge in [0.2, 0.25) is 5.75 Å². The van der Waals surface area contributed by atoms with Gasteiger partial charge in [-0.15, -0.1) is 0 Å². The lowest BCUT2D eigenvalue weighted by atomic mass is 10.1. The van der Waals surface area contributed by atoms with Gasteiger partial charge in [-0.05, 0) is 31.2 Å². The van der Waals surface area contributed by atoms with E-state index in [-0.39, 0.29) is 0 Å². The van der Waals surface area contributed by atoms with Crippen LogP contribution >= 0.6 is 0 Å². The van der Waals surface area contributed by atoms with Crippen molar-refractivity contribution in [2.75, 3.05) is 33.3 Å². The third-order valence-electron chi connectivity index (χ3n) is 4.13. The molecule has 6 nitrogen and oxygen atoms in total. The highest BCUT2D eigenvalue weighted by Crippen LogP contribution is 2.40. The van der Waals surface area contributed by atoms with E-state index in [1.807, 2.05) is 61.5 Å². The molecule has 0 aliphatic rings. The van der Waals surface area contributed by atoms with E-state index < -0.39 is 0 Å². The molecule has 0 saturated heterocycles. The second-order valence-electron chi connectivity index (χ2n) is 5.91. The van der Waals surface area contributed by atoms with Crippen molar-refractivity contribution in [1.82, 2.24) is 4.98 Å². The topological polar surface area (TPSA) is 61.8 Å². The molecule has 0 aliphatic carbocycles. The van der Waals surface area contributed by atoms with Gasteiger partial charge in [0.15, 0.2) is 11.5 Å². The highest BCUT2D eigenvalue weighted by Gasteiger charge is 2.13. The van der Waals surface area contributed by atoms with Crippen molar-refractivity contribution >= 4 is 11.5 Å². The van der Waals surface area contributed by atoms with Crippen LogP contribution in [0.25, 0.3) is 11.3 Å². The fourth-order valence-electron chi connectivity index (χ4n) is 2.88. The molecule has 3 aromatic rings. The van der Waals surface area contributed by atoms with Gasteiger partial charge in [-0.25, -0.2) is 4.98 Å². The molecular formula is C22H24N2O4. The first-order chi connectivity index (χ1) is 13.7. The first-order valence-electron chi connectivity index (χ1n) is 8.95. The van der Waals surface area contributed by atoms with Crippen LogP contribution in [0.3, 0.4) is 0 Å². The Kier molecular flexibility index (Phi) is 6.22. The van der Waals surface area contributed by atoms with E-state index in [0.717, 1.165) is 22.7 Å². The largest absolute Gasteiger partial charge is 0.494 e. The minimum atomic E-state index is 0.546. The monoisotopic (exact) mass is 380 g/mol. The molecule has 146 valence electrons. The molecule has 6 heteroatoms. The molecule has 0 spiro atoms. The lowest BCUT2D eigenvalue weighted by Gasteiger charge is -2.15. The highest BCUT2D eigenvalue weighted by molar-refractivity contribution is 5.69. The molecule has 1 N–H and O–H groups in total. The van der Waals surface area contributed by atoms with Crippen molar-refractivity contribution in [3.05, 3.63) is 54.6 Å². The van der Waals surface area contributed by atoms with Gasteiger partial charge in [-0.3, -0.25) is 0 Å². The van der Waals surface area contributed by atoms with Crippen LogP contribution in [0.4, 0.5) is 11.5 Å². The molecule has 3 rings (SSSR count). The van der Waals surface area contributed by atoms with Gasteiger partial charge >= 0.3 is 0 Å². The van der Waals surface area contributed by atoms with Crippen molar-refractivity contribution in [1.29, 1.82) is 0 Å². The molecule has 0 fully saturated rings. The maximum Gasteiger partial charge on any atom is 0.203 e. The molecule has 0 bridgehead atoms. The molecule has 0 radical (unpaired) electrons. The van der Waals surface area contributed by atoms with Crippen molar-refractivity contribution in [3.8, 4) is 34.3 Å². The molecule has 28 heavy (non-hydrogen) atoms. The number of nitrogens with zero attached hydrogens (tertiary/aromatic N) is 1. The fraction of sp³-hybridized carbons (Fsp3) is 0.227. The number of hydrogen-bond donors (Lipinski definition) is 1.